The van der Waals surface area contributed by atoms with Crippen molar-refractivity contribution in [1.29, 1.82) is 0 Å². The molecule has 0 aliphatic carbocycles. The number of hydrogen-bond donors (Lipinski definition) is 2. The number of pyridine rings is 1. The Kier molecular flexibility index (Phi) is 8.86. The molecule has 8 heteroatoms. The van der Waals surface area contributed by atoms with Gasteiger partial charge in [-0.2, -0.15) is 0 Å². The van der Waals surface area contributed by atoms with Crippen molar-refractivity contribution in [3.8, 4) is 11.6 Å². The van der Waals surface area contributed by atoms with Crippen molar-refractivity contribution >= 4 is 5.96 Å². The molecule has 2 aromatic rings. The zero-order valence-electron chi connectivity index (χ0n) is 17.3. The average molecular weight is 416 g/mol. The standard InChI is InChI=1S/C22H29FN4O3/c1-24-22(25-10-2-11-28-15-18-9-12-29-16-18)27-14-17-3-8-21(26-13-17)30-20-6-4-19(23)5-7-20/h3-8,13,18H,2,9-12,14-16H2,1H3,(H2,24,25,27). The Morgan fingerprint density at radius 1 is 1.23 bits per heavy atom. The van der Waals surface area contributed by atoms with E-state index in [9.17, 15) is 4.39 Å². The normalized spacial score (nSPS) is 16.5. The summed E-state index contributed by atoms with van der Waals surface area (Å²) in [4.78, 5) is 8.51. The molecule has 1 saturated heterocycles. The molecular weight excluding hydrogens is 387 g/mol. The third kappa shape index (κ3) is 7.61. The van der Waals surface area contributed by atoms with Crippen LogP contribution in [0.3, 0.4) is 0 Å². The van der Waals surface area contributed by atoms with Crippen molar-refractivity contribution in [2.45, 2.75) is 19.4 Å². The number of rotatable bonds is 10. The van der Waals surface area contributed by atoms with Crippen molar-refractivity contribution in [2.24, 2.45) is 10.9 Å². The maximum absolute atomic E-state index is 12.9. The minimum Gasteiger partial charge on any atom is -0.439 e. The molecule has 0 saturated carbocycles. The Bertz CT molecular complexity index is 778. The number of ether oxygens (including phenoxy) is 3. The third-order valence-corrected chi connectivity index (χ3v) is 4.65. The van der Waals surface area contributed by atoms with Gasteiger partial charge >= 0.3 is 0 Å². The van der Waals surface area contributed by atoms with Crippen LogP contribution in [0.15, 0.2) is 47.6 Å². The molecule has 1 fully saturated rings. The minimum absolute atomic E-state index is 0.301. The van der Waals surface area contributed by atoms with Crippen LogP contribution < -0.4 is 15.4 Å². The average Bonchev–Trinajstić information content (AvgIpc) is 3.29. The number of benzene rings is 1. The van der Waals surface area contributed by atoms with Crippen LogP contribution in [0.25, 0.3) is 0 Å². The fourth-order valence-corrected chi connectivity index (χ4v) is 2.95. The molecule has 1 atom stereocenters. The summed E-state index contributed by atoms with van der Waals surface area (Å²) in [5.41, 5.74) is 0.992. The zero-order chi connectivity index (χ0) is 21.0. The number of aliphatic imine (C=N–C) groups is 1. The van der Waals surface area contributed by atoms with Gasteiger partial charge in [0, 0.05) is 51.5 Å². The van der Waals surface area contributed by atoms with Gasteiger partial charge in [-0.1, -0.05) is 6.07 Å². The van der Waals surface area contributed by atoms with Crippen molar-refractivity contribution < 1.29 is 18.6 Å². The summed E-state index contributed by atoms with van der Waals surface area (Å²) in [6, 6.07) is 9.54. The highest BCUT2D eigenvalue weighted by Gasteiger charge is 2.15. The summed E-state index contributed by atoms with van der Waals surface area (Å²) in [7, 11) is 1.74. The highest BCUT2D eigenvalue weighted by atomic mass is 19.1. The summed E-state index contributed by atoms with van der Waals surface area (Å²) < 4.78 is 29.6. The van der Waals surface area contributed by atoms with E-state index < -0.39 is 0 Å². The van der Waals surface area contributed by atoms with Crippen molar-refractivity contribution in [3.05, 3.63) is 54.0 Å². The van der Waals surface area contributed by atoms with Gasteiger partial charge in [0.25, 0.3) is 0 Å². The van der Waals surface area contributed by atoms with E-state index in [4.69, 9.17) is 14.2 Å². The molecule has 0 bridgehead atoms. The first-order valence-corrected chi connectivity index (χ1v) is 10.2. The first-order valence-electron chi connectivity index (χ1n) is 10.2. The lowest BCUT2D eigenvalue weighted by Gasteiger charge is -2.13. The first kappa shape index (κ1) is 22.0. The van der Waals surface area contributed by atoms with Gasteiger partial charge in [-0.05, 0) is 42.7 Å². The van der Waals surface area contributed by atoms with Gasteiger partial charge < -0.3 is 24.8 Å². The second-order valence-electron chi connectivity index (χ2n) is 7.07. The molecule has 2 heterocycles. The number of halogens is 1. The van der Waals surface area contributed by atoms with Crippen LogP contribution >= 0.6 is 0 Å². The van der Waals surface area contributed by atoms with Crippen LogP contribution in [0.2, 0.25) is 0 Å². The number of nitrogens with one attached hydrogen (secondary N) is 2. The third-order valence-electron chi connectivity index (χ3n) is 4.65. The summed E-state index contributed by atoms with van der Waals surface area (Å²) in [5, 5.41) is 6.53. The predicted molar refractivity (Wildman–Crippen MR) is 113 cm³/mol. The van der Waals surface area contributed by atoms with Gasteiger partial charge in [-0.15, -0.1) is 0 Å². The molecule has 30 heavy (non-hydrogen) atoms. The molecule has 3 rings (SSSR count). The molecule has 1 aliphatic rings. The second-order valence-corrected chi connectivity index (χ2v) is 7.07. The molecule has 162 valence electrons. The fourth-order valence-electron chi connectivity index (χ4n) is 2.95. The van der Waals surface area contributed by atoms with Crippen molar-refractivity contribution in [1.82, 2.24) is 15.6 Å². The number of hydrogen-bond acceptors (Lipinski definition) is 5. The minimum atomic E-state index is -0.301. The molecular formula is C22H29FN4O3. The van der Waals surface area contributed by atoms with Crippen LogP contribution in [-0.4, -0.2) is 51.0 Å². The van der Waals surface area contributed by atoms with E-state index in [2.05, 4.69) is 20.6 Å². The van der Waals surface area contributed by atoms with Crippen molar-refractivity contribution in [3.63, 3.8) is 0 Å². The van der Waals surface area contributed by atoms with Crippen LogP contribution in [0.4, 0.5) is 4.39 Å². The van der Waals surface area contributed by atoms with Crippen LogP contribution in [-0.2, 0) is 16.0 Å². The lowest BCUT2D eigenvalue weighted by atomic mass is 10.1. The van der Waals surface area contributed by atoms with E-state index in [1.54, 1.807) is 31.4 Å². The predicted octanol–water partition coefficient (Wildman–Crippen LogP) is 3.12. The monoisotopic (exact) mass is 416 g/mol. The number of aromatic nitrogens is 1. The maximum atomic E-state index is 12.9. The molecule has 0 amide bonds. The molecule has 2 N–H and O–H groups in total. The van der Waals surface area contributed by atoms with Gasteiger partial charge in [0.05, 0.1) is 13.2 Å². The summed E-state index contributed by atoms with van der Waals surface area (Å²) in [5.74, 6) is 1.97. The summed E-state index contributed by atoms with van der Waals surface area (Å²) in [6.07, 6.45) is 3.74. The Hall–Kier alpha value is -2.71. The smallest absolute Gasteiger partial charge is 0.219 e. The van der Waals surface area contributed by atoms with Crippen molar-refractivity contribution in [2.75, 3.05) is 40.0 Å². The van der Waals surface area contributed by atoms with Gasteiger partial charge in [0.1, 0.15) is 11.6 Å². The Labute approximate surface area is 176 Å². The lowest BCUT2D eigenvalue weighted by Crippen LogP contribution is -2.37. The number of guanidine groups is 1. The first-order chi connectivity index (χ1) is 14.7. The van der Waals surface area contributed by atoms with Gasteiger partial charge in [-0.25, -0.2) is 9.37 Å². The Morgan fingerprint density at radius 2 is 2.10 bits per heavy atom. The highest BCUT2D eigenvalue weighted by molar-refractivity contribution is 5.79. The van der Waals surface area contributed by atoms with E-state index >= 15 is 0 Å². The van der Waals surface area contributed by atoms with E-state index in [1.807, 2.05) is 6.07 Å². The zero-order valence-corrected chi connectivity index (χ0v) is 17.3. The highest BCUT2D eigenvalue weighted by Crippen LogP contribution is 2.19. The van der Waals surface area contributed by atoms with Crippen LogP contribution in [0, 0.1) is 11.7 Å². The second kappa shape index (κ2) is 12.1. The van der Waals surface area contributed by atoms with Crippen LogP contribution in [0.5, 0.6) is 11.6 Å². The molecule has 1 aliphatic heterocycles. The van der Waals surface area contributed by atoms with Gasteiger partial charge in [0.15, 0.2) is 5.96 Å². The van der Waals surface area contributed by atoms with E-state index in [-0.39, 0.29) is 5.82 Å². The number of nitrogens with zero attached hydrogens (tertiary/aromatic N) is 2. The molecule has 0 radical (unpaired) electrons. The Balaban J connectivity index is 1.31. The molecule has 7 nitrogen and oxygen atoms in total. The quantitative estimate of drug-likeness (QED) is 0.352. The van der Waals surface area contributed by atoms with E-state index in [0.717, 1.165) is 57.3 Å². The summed E-state index contributed by atoms with van der Waals surface area (Å²) >= 11 is 0. The van der Waals surface area contributed by atoms with E-state index in [0.29, 0.717) is 24.1 Å². The Morgan fingerprint density at radius 3 is 2.80 bits per heavy atom. The maximum Gasteiger partial charge on any atom is 0.219 e. The largest absolute Gasteiger partial charge is 0.439 e. The van der Waals surface area contributed by atoms with Gasteiger partial charge in [-0.3, -0.25) is 4.99 Å². The van der Waals surface area contributed by atoms with Gasteiger partial charge in [0.2, 0.25) is 5.88 Å². The molecule has 1 aromatic carbocycles. The summed E-state index contributed by atoms with van der Waals surface area (Å²) in [6.45, 7) is 4.55. The topological polar surface area (TPSA) is 77.0 Å². The molecule has 0 spiro atoms. The SMILES string of the molecule is CN=C(NCCCOCC1CCOC1)NCc1ccc(Oc2ccc(F)cc2)nc1. The molecule has 1 aromatic heterocycles. The van der Waals surface area contributed by atoms with Crippen LogP contribution in [0.1, 0.15) is 18.4 Å². The van der Waals surface area contributed by atoms with E-state index in [1.165, 1.54) is 12.1 Å². The lowest BCUT2D eigenvalue weighted by molar-refractivity contribution is 0.0888. The molecule has 1 unspecified atom stereocenters. The fraction of sp³-hybridized carbons (Fsp3) is 0.455.